The number of nitrogens with one attached hydrogen (secondary N) is 2. The van der Waals surface area contributed by atoms with Crippen molar-refractivity contribution >= 4 is 165 Å². The maximum Gasteiger partial charge on any atom is 0.494 e. The first-order valence-corrected chi connectivity index (χ1v) is 42.7. The highest BCUT2D eigenvalue weighted by molar-refractivity contribution is 9.11. The number of para-hydroxylation sites is 4. The molecule has 0 radical (unpaired) electrons. The van der Waals surface area contributed by atoms with Crippen LogP contribution in [0.15, 0.2) is 278 Å². The molecule has 18 rings (SSSR count). The summed E-state index contributed by atoms with van der Waals surface area (Å²) in [6.07, 6.45) is 36.2. The fourth-order valence-electron chi connectivity index (χ4n) is 13.1. The molecule has 21 nitrogen and oxygen atoms in total. The molecule has 118 heavy (non-hydrogen) atoms. The van der Waals surface area contributed by atoms with Crippen LogP contribution in [0.5, 0.6) is 0 Å². The predicted molar refractivity (Wildman–Crippen MR) is 495 cm³/mol. The average molecular weight is 1960 g/mol. The summed E-state index contributed by atoms with van der Waals surface area (Å²) in [6.45, 7) is 16.8. The van der Waals surface area contributed by atoms with Crippen LogP contribution in [-0.2, 0) is 49.1 Å². The number of benzene rings is 4. The zero-order valence-corrected chi connectivity index (χ0v) is 75.9. The number of rotatable bonds is 12. The fraction of sp³-hybridized carbons (Fsp3) is 0.180. The molecule has 13 aromatic heterocycles. The van der Waals surface area contributed by atoms with Crippen molar-refractivity contribution in [3.8, 4) is 67.5 Å². The number of halogens is 6. The van der Waals surface area contributed by atoms with Gasteiger partial charge in [0.15, 0.2) is 11.6 Å². The number of pyridine rings is 9. The molecule has 0 amide bonds. The largest absolute Gasteiger partial charge is 0.494 e. The molecule has 0 spiro atoms. The zero-order chi connectivity index (χ0) is 83.6. The van der Waals surface area contributed by atoms with Gasteiger partial charge in [0.2, 0.25) is 0 Å². The molecule has 4 N–H and O–H groups in total. The first kappa shape index (κ1) is 87.3. The van der Waals surface area contributed by atoms with E-state index in [1.807, 2.05) is 176 Å². The van der Waals surface area contributed by atoms with Gasteiger partial charge in [-0.05, 0) is 301 Å². The molecule has 1 saturated heterocycles. The molecule has 4 aromatic carbocycles. The standard InChI is InChI=1S/C27H22N6.C21H23BN4O2.2C12H11BrN2.C7H7Br2N.C5H6BNO2.C5H3Br2N/c1-3-19-21(17-10-12-28-13-11-17)15-29-16-22(19)18-8-9-25-20(14-18)26(32-33(25)2)27-30-23-6-4-5-7-24(23)31-27;1-20(2)21(3,4)28-22(27-20)13-10-11-17-14(12-13)18(25-26(17)5)19-23-15-8-6-7-9-16(15)24-19;2*1-2-10-11(7-15-8-12(10)13)9-3-5-14-6-4-9;1-2-5-6(8)3-10-4-7(5)9;8-6(9)5-1-3-7-4-2-5;6-4-1-5(7)3-8-2-4/h4-16H,3H2,1-2H3,(H,30,31);6-12H,1-5H3,(H,23,24);2*3-8H,2H2,1H3;3-4H,2H2,1H3;1-4,8-9H;1-3H. The number of fused-ring (bicyclic) bond motifs is 4. The summed E-state index contributed by atoms with van der Waals surface area (Å²) >= 11 is 20.4. The molecular formula is C89H83B2Br6N17O4. The van der Waals surface area contributed by atoms with Gasteiger partial charge in [0.1, 0.15) is 11.4 Å². The van der Waals surface area contributed by atoms with Crippen LogP contribution in [0, 0.1) is 0 Å². The van der Waals surface area contributed by atoms with Gasteiger partial charge in [-0.3, -0.25) is 54.2 Å². The Morgan fingerprint density at radius 3 is 1.13 bits per heavy atom. The van der Waals surface area contributed by atoms with Crippen LogP contribution in [-0.4, -0.2) is 120 Å². The van der Waals surface area contributed by atoms with Gasteiger partial charge >= 0.3 is 14.2 Å². The Bertz CT molecular complexity index is 6020. The maximum absolute atomic E-state index is 8.55. The Morgan fingerprint density at radius 2 is 0.746 bits per heavy atom. The van der Waals surface area contributed by atoms with E-state index in [-0.39, 0.29) is 11.2 Å². The second-order valence-corrected chi connectivity index (χ2v) is 33.2. The first-order valence-electron chi connectivity index (χ1n) is 37.9. The third kappa shape index (κ3) is 21.1. The number of aromatic nitrogens is 17. The van der Waals surface area contributed by atoms with Crippen LogP contribution in [0.1, 0.15) is 77.6 Å². The van der Waals surface area contributed by atoms with Gasteiger partial charge in [0.25, 0.3) is 0 Å². The lowest BCUT2D eigenvalue weighted by Crippen LogP contribution is -2.41. The van der Waals surface area contributed by atoms with Crippen LogP contribution < -0.4 is 10.9 Å². The molecule has 0 bridgehead atoms. The maximum atomic E-state index is 8.55. The highest BCUT2D eigenvalue weighted by Crippen LogP contribution is 2.40. The number of hydrogen-bond donors (Lipinski definition) is 4. The molecule has 0 aliphatic carbocycles. The first-order chi connectivity index (χ1) is 57.0. The summed E-state index contributed by atoms with van der Waals surface area (Å²) in [5.41, 5.74) is 22.7. The number of H-pyrrole nitrogens is 2. The third-order valence-corrected chi connectivity index (χ3v) is 23.5. The van der Waals surface area contributed by atoms with Crippen molar-refractivity contribution in [2.75, 3.05) is 0 Å². The number of imidazole rings is 2. The molecule has 1 aliphatic heterocycles. The molecular weight excluding hydrogens is 1870 g/mol. The minimum absolute atomic E-state index is 0.372. The summed E-state index contributed by atoms with van der Waals surface area (Å²) in [5.74, 6) is 1.54. The van der Waals surface area contributed by atoms with E-state index >= 15 is 0 Å². The van der Waals surface area contributed by atoms with E-state index in [4.69, 9.17) is 39.5 Å². The normalized spacial score (nSPS) is 12.3. The fourth-order valence-corrected chi connectivity index (χ4v) is 16.9. The summed E-state index contributed by atoms with van der Waals surface area (Å²) in [5, 5.41) is 28.7. The molecule has 17 aromatic rings. The minimum Gasteiger partial charge on any atom is -0.423 e. The third-order valence-electron chi connectivity index (χ3n) is 19.9. The molecule has 0 atom stereocenters. The Labute approximate surface area is 736 Å². The quantitative estimate of drug-likeness (QED) is 0.0828. The van der Waals surface area contributed by atoms with Crippen molar-refractivity contribution in [3.63, 3.8) is 0 Å². The molecule has 596 valence electrons. The summed E-state index contributed by atoms with van der Waals surface area (Å²) in [4.78, 5) is 53.1. The summed E-state index contributed by atoms with van der Waals surface area (Å²) in [7, 11) is 2.13. The topological polar surface area (TPSA) is 268 Å². The lowest BCUT2D eigenvalue weighted by Gasteiger charge is -2.32. The second-order valence-electron chi connectivity index (χ2n) is 27.9. The Morgan fingerprint density at radius 1 is 0.390 bits per heavy atom. The highest BCUT2D eigenvalue weighted by Gasteiger charge is 2.52. The Kier molecular flexibility index (Phi) is 30.0. The molecule has 0 saturated carbocycles. The molecule has 14 heterocycles. The van der Waals surface area contributed by atoms with E-state index in [0.29, 0.717) is 5.46 Å². The van der Waals surface area contributed by atoms with Gasteiger partial charge in [-0.25, -0.2) is 9.97 Å². The van der Waals surface area contributed by atoms with Crippen LogP contribution in [0.3, 0.4) is 0 Å². The SMILES string of the molecule is Brc1cncc(Br)c1.CCc1c(-c2ccncc2)cncc1-c1ccc2c(c1)c(-c1nc3ccccc3[nH]1)nn2C.CCc1c(Br)cncc1-c1ccncc1.CCc1c(Br)cncc1-c1ccncc1.CCc1c(Br)cncc1Br.Cn1nc(-c2nc3ccccc3[nH]2)c2cc(B3OC(C)(C)C(C)(C)O3)ccc21.OB(O)c1ccncc1. The molecule has 1 fully saturated rings. The van der Waals surface area contributed by atoms with Crippen molar-refractivity contribution in [2.24, 2.45) is 14.1 Å². The summed E-state index contributed by atoms with van der Waals surface area (Å²) < 4.78 is 22.5. The number of aryl methyl sites for hydroxylation is 2. The molecule has 29 heteroatoms. The lowest BCUT2D eigenvalue weighted by molar-refractivity contribution is 0.00578. The average Bonchev–Trinajstić information content (AvgIpc) is 1.59. The van der Waals surface area contributed by atoms with Crippen LogP contribution >= 0.6 is 95.6 Å². The van der Waals surface area contributed by atoms with Crippen LogP contribution in [0.4, 0.5) is 0 Å². The zero-order valence-electron chi connectivity index (χ0n) is 66.3. The van der Waals surface area contributed by atoms with Crippen molar-refractivity contribution in [1.29, 1.82) is 0 Å². The number of aromatic amines is 2. The highest BCUT2D eigenvalue weighted by atomic mass is 79.9. The van der Waals surface area contributed by atoms with Gasteiger partial charge in [0.05, 0.1) is 44.3 Å². The lowest BCUT2D eigenvalue weighted by atomic mass is 9.78. The van der Waals surface area contributed by atoms with Crippen molar-refractivity contribution in [1.82, 2.24) is 84.4 Å². The second kappa shape index (κ2) is 40.6. The Hall–Kier alpha value is -10.0. The van der Waals surface area contributed by atoms with E-state index in [0.717, 1.165) is 158 Å². The van der Waals surface area contributed by atoms with Crippen molar-refractivity contribution < 1.29 is 19.4 Å². The smallest absolute Gasteiger partial charge is 0.423 e. The van der Waals surface area contributed by atoms with E-state index < -0.39 is 14.2 Å². The van der Waals surface area contributed by atoms with Gasteiger partial charge in [-0.1, -0.05) is 70.2 Å². The van der Waals surface area contributed by atoms with E-state index in [1.165, 1.54) is 45.8 Å². The van der Waals surface area contributed by atoms with Gasteiger partial charge < -0.3 is 29.3 Å². The van der Waals surface area contributed by atoms with Crippen LogP contribution in [0.2, 0.25) is 0 Å². The predicted octanol–water partition coefficient (Wildman–Crippen LogP) is 20.7. The van der Waals surface area contributed by atoms with E-state index in [2.05, 4.69) is 242 Å². The van der Waals surface area contributed by atoms with Crippen molar-refractivity contribution in [3.05, 3.63) is 300 Å². The Balaban J connectivity index is 0.000000135. The molecule has 1 aliphatic rings. The molecule has 0 unspecified atom stereocenters. The van der Waals surface area contributed by atoms with Crippen molar-refractivity contribution in [2.45, 2.75) is 92.3 Å². The monoisotopic (exact) mass is 1950 g/mol. The van der Waals surface area contributed by atoms with Gasteiger partial charge in [-0.2, -0.15) is 10.2 Å². The van der Waals surface area contributed by atoms with Gasteiger partial charge in [0, 0.05) is 186 Å². The van der Waals surface area contributed by atoms with E-state index in [9.17, 15) is 0 Å². The van der Waals surface area contributed by atoms with Gasteiger partial charge in [-0.15, -0.1) is 0 Å². The summed E-state index contributed by atoms with van der Waals surface area (Å²) in [6, 6.07) is 45.9. The number of nitrogens with zero attached hydrogens (tertiary/aromatic N) is 15. The number of hydrogen-bond acceptors (Lipinski definition) is 17. The van der Waals surface area contributed by atoms with Crippen LogP contribution in [0.25, 0.3) is 111 Å². The minimum atomic E-state index is -1.38. The van der Waals surface area contributed by atoms with E-state index in [1.54, 1.807) is 49.3 Å².